The minimum absolute atomic E-state index is 0.197. The van der Waals surface area contributed by atoms with Crippen LogP contribution in [0, 0.1) is 13.8 Å². The van der Waals surface area contributed by atoms with Crippen LogP contribution in [0.3, 0.4) is 0 Å². The molecule has 0 unspecified atom stereocenters. The average Bonchev–Trinajstić information content (AvgIpc) is 2.68. The Hall–Kier alpha value is -2.43. The SMILES string of the molecule is Cc1ccc(C)c(S(=O)(=O)N2CCN(C(=O)c3cccc(NS(C)(=O)=O)c3)CC2)c1. The summed E-state index contributed by atoms with van der Waals surface area (Å²) in [5, 5.41) is 0. The number of hydrogen-bond acceptors (Lipinski definition) is 5. The Morgan fingerprint density at radius 3 is 2.23 bits per heavy atom. The zero-order valence-corrected chi connectivity index (χ0v) is 18.8. The van der Waals surface area contributed by atoms with E-state index in [1.807, 2.05) is 13.0 Å². The van der Waals surface area contributed by atoms with Crippen molar-refractivity contribution < 1.29 is 21.6 Å². The van der Waals surface area contributed by atoms with Crippen molar-refractivity contribution >= 4 is 31.6 Å². The molecule has 30 heavy (non-hydrogen) atoms. The molecule has 2 aromatic carbocycles. The molecule has 1 fully saturated rings. The molecule has 0 aliphatic carbocycles. The lowest BCUT2D eigenvalue weighted by atomic mass is 10.1. The Morgan fingerprint density at radius 2 is 1.60 bits per heavy atom. The van der Waals surface area contributed by atoms with Crippen LogP contribution in [-0.2, 0) is 20.0 Å². The predicted molar refractivity (Wildman–Crippen MR) is 115 cm³/mol. The van der Waals surface area contributed by atoms with Crippen molar-refractivity contribution in [1.29, 1.82) is 0 Å². The van der Waals surface area contributed by atoms with Gasteiger partial charge in [-0.05, 0) is 49.2 Å². The molecule has 10 heteroatoms. The summed E-state index contributed by atoms with van der Waals surface area (Å²) in [7, 11) is -7.09. The topological polar surface area (TPSA) is 104 Å². The van der Waals surface area contributed by atoms with Crippen molar-refractivity contribution in [3.05, 3.63) is 59.2 Å². The molecule has 1 heterocycles. The zero-order chi connectivity index (χ0) is 22.1. The highest BCUT2D eigenvalue weighted by atomic mass is 32.2. The number of anilines is 1. The Bertz CT molecular complexity index is 1170. The van der Waals surface area contributed by atoms with Gasteiger partial charge in [0.1, 0.15) is 0 Å². The van der Waals surface area contributed by atoms with Gasteiger partial charge in [0.25, 0.3) is 5.91 Å². The van der Waals surface area contributed by atoms with Gasteiger partial charge in [-0.3, -0.25) is 9.52 Å². The highest BCUT2D eigenvalue weighted by Gasteiger charge is 2.31. The number of carbonyl (C=O) groups excluding carboxylic acids is 1. The van der Waals surface area contributed by atoms with Gasteiger partial charge in [-0.2, -0.15) is 4.31 Å². The molecule has 8 nitrogen and oxygen atoms in total. The number of piperazine rings is 1. The van der Waals surface area contributed by atoms with Crippen LogP contribution in [0.1, 0.15) is 21.5 Å². The van der Waals surface area contributed by atoms with Crippen LogP contribution in [0.5, 0.6) is 0 Å². The maximum Gasteiger partial charge on any atom is 0.254 e. The molecule has 3 rings (SSSR count). The Kier molecular flexibility index (Phi) is 6.21. The van der Waals surface area contributed by atoms with Gasteiger partial charge >= 0.3 is 0 Å². The molecule has 0 radical (unpaired) electrons. The Morgan fingerprint density at radius 1 is 0.933 bits per heavy atom. The first-order chi connectivity index (χ1) is 14.0. The van der Waals surface area contributed by atoms with E-state index >= 15 is 0 Å². The van der Waals surface area contributed by atoms with Gasteiger partial charge in [0.15, 0.2) is 0 Å². The van der Waals surface area contributed by atoms with Crippen molar-refractivity contribution in [2.45, 2.75) is 18.7 Å². The molecule has 1 aliphatic rings. The van der Waals surface area contributed by atoms with Gasteiger partial charge in [0.05, 0.1) is 11.2 Å². The molecule has 0 bridgehead atoms. The molecular weight excluding hydrogens is 426 g/mol. The van der Waals surface area contributed by atoms with Gasteiger partial charge in [0, 0.05) is 37.4 Å². The first-order valence-electron chi connectivity index (χ1n) is 9.42. The van der Waals surface area contributed by atoms with E-state index in [2.05, 4.69) is 4.72 Å². The van der Waals surface area contributed by atoms with E-state index in [1.165, 1.54) is 10.4 Å². The van der Waals surface area contributed by atoms with Crippen molar-refractivity contribution in [2.24, 2.45) is 0 Å². The minimum Gasteiger partial charge on any atom is -0.336 e. The summed E-state index contributed by atoms with van der Waals surface area (Å²) >= 11 is 0. The van der Waals surface area contributed by atoms with Crippen LogP contribution in [0.4, 0.5) is 5.69 Å². The molecular formula is C20H25N3O5S2. The number of rotatable bonds is 5. The van der Waals surface area contributed by atoms with Gasteiger partial charge in [-0.25, -0.2) is 16.8 Å². The van der Waals surface area contributed by atoms with Gasteiger partial charge in [0.2, 0.25) is 20.0 Å². The summed E-state index contributed by atoms with van der Waals surface area (Å²) in [6, 6.07) is 11.6. The summed E-state index contributed by atoms with van der Waals surface area (Å²) in [5.41, 5.74) is 2.21. The fraction of sp³-hybridized carbons (Fsp3) is 0.350. The fourth-order valence-electron chi connectivity index (χ4n) is 3.37. The van der Waals surface area contributed by atoms with Crippen molar-refractivity contribution in [1.82, 2.24) is 9.21 Å². The van der Waals surface area contributed by atoms with Crippen molar-refractivity contribution in [2.75, 3.05) is 37.2 Å². The second-order valence-electron chi connectivity index (χ2n) is 7.42. The summed E-state index contributed by atoms with van der Waals surface area (Å²) < 4.78 is 52.6. The Balaban J connectivity index is 1.72. The summed E-state index contributed by atoms with van der Waals surface area (Å²) in [5.74, 6) is -0.268. The van der Waals surface area contributed by atoms with Crippen LogP contribution in [0.2, 0.25) is 0 Å². The van der Waals surface area contributed by atoms with Crippen LogP contribution in [-0.4, -0.2) is 64.4 Å². The fourth-order valence-corrected chi connectivity index (χ4v) is 5.66. The van der Waals surface area contributed by atoms with E-state index in [4.69, 9.17) is 0 Å². The maximum absolute atomic E-state index is 13.0. The first kappa shape index (κ1) is 22.3. The Labute approximate surface area is 177 Å². The average molecular weight is 452 g/mol. The highest BCUT2D eigenvalue weighted by molar-refractivity contribution is 7.92. The van der Waals surface area contributed by atoms with E-state index in [0.29, 0.717) is 21.7 Å². The lowest BCUT2D eigenvalue weighted by Gasteiger charge is -2.34. The lowest BCUT2D eigenvalue weighted by molar-refractivity contribution is 0.0698. The van der Waals surface area contributed by atoms with E-state index in [9.17, 15) is 21.6 Å². The van der Waals surface area contributed by atoms with Gasteiger partial charge in [-0.1, -0.05) is 18.2 Å². The highest BCUT2D eigenvalue weighted by Crippen LogP contribution is 2.23. The van der Waals surface area contributed by atoms with Crippen LogP contribution < -0.4 is 4.72 Å². The number of sulfonamides is 2. The minimum atomic E-state index is -3.64. The standard InChI is InChI=1S/C20H25N3O5S2/c1-15-7-8-16(2)19(13-15)30(27,28)23-11-9-22(10-12-23)20(24)17-5-4-6-18(14-17)21-29(3,25)26/h4-8,13-14,21H,9-12H2,1-3H3. The van der Waals surface area contributed by atoms with Crippen molar-refractivity contribution in [3.63, 3.8) is 0 Å². The molecule has 1 aliphatic heterocycles. The smallest absolute Gasteiger partial charge is 0.254 e. The van der Waals surface area contributed by atoms with Crippen molar-refractivity contribution in [3.8, 4) is 0 Å². The third-order valence-corrected chi connectivity index (χ3v) is 7.55. The number of hydrogen-bond donors (Lipinski definition) is 1. The molecule has 0 atom stereocenters. The molecule has 162 valence electrons. The van der Waals surface area contributed by atoms with E-state index in [1.54, 1.807) is 42.2 Å². The molecule has 0 aromatic heterocycles. The molecule has 0 spiro atoms. The number of nitrogens with zero attached hydrogens (tertiary/aromatic N) is 2. The van der Waals surface area contributed by atoms with Gasteiger partial charge in [-0.15, -0.1) is 0 Å². The zero-order valence-electron chi connectivity index (χ0n) is 17.1. The summed E-state index contributed by atoms with van der Waals surface area (Å²) in [6.07, 6.45) is 1.04. The quantitative estimate of drug-likeness (QED) is 0.747. The third-order valence-electron chi connectivity index (χ3n) is 4.90. The maximum atomic E-state index is 13.0. The van der Waals surface area contributed by atoms with E-state index in [-0.39, 0.29) is 32.1 Å². The second kappa shape index (κ2) is 8.37. The predicted octanol–water partition coefficient (Wildman–Crippen LogP) is 1.82. The lowest BCUT2D eigenvalue weighted by Crippen LogP contribution is -2.50. The second-order valence-corrected chi connectivity index (χ2v) is 11.1. The summed E-state index contributed by atoms with van der Waals surface area (Å²) in [6.45, 7) is 4.52. The van der Waals surface area contributed by atoms with Crippen LogP contribution >= 0.6 is 0 Å². The van der Waals surface area contributed by atoms with E-state index < -0.39 is 20.0 Å². The van der Waals surface area contributed by atoms with Crippen LogP contribution in [0.25, 0.3) is 0 Å². The monoisotopic (exact) mass is 451 g/mol. The molecule has 1 saturated heterocycles. The molecule has 1 N–H and O–H groups in total. The van der Waals surface area contributed by atoms with Gasteiger partial charge < -0.3 is 4.90 Å². The molecule has 1 amide bonds. The molecule has 2 aromatic rings. The molecule has 0 saturated carbocycles. The summed E-state index contributed by atoms with van der Waals surface area (Å²) in [4.78, 5) is 14.7. The number of benzene rings is 2. The number of aryl methyl sites for hydroxylation is 2. The number of nitrogens with one attached hydrogen (secondary N) is 1. The van der Waals surface area contributed by atoms with Crippen LogP contribution in [0.15, 0.2) is 47.4 Å². The largest absolute Gasteiger partial charge is 0.336 e. The first-order valence-corrected chi connectivity index (χ1v) is 12.7. The number of amides is 1. The van der Waals surface area contributed by atoms with E-state index in [0.717, 1.165) is 11.8 Å². The third kappa shape index (κ3) is 5.00. The normalized spacial score (nSPS) is 15.8. The number of carbonyl (C=O) groups is 1.